The number of carboxylic acid groups (broad SMARTS) is 4. The van der Waals surface area contributed by atoms with Crippen LogP contribution in [0.3, 0.4) is 0 Å². The first-order valence-electron chi connectivity index (χ1n) is 13.9. The number of phenolic OH excluding ortho intramolecular Hbond substituents is 1. The number of halogens is 5. The number of aliphatic hydroxyl groups excluding tert-OH is 4. The van der Waals surface area contributed by atoms with Crippen molar-refractivity contribution in [1.29, 1.82) is 0 Å². The first-order chi connectivity index (χ1) is 23.6. The molecule has 0 radical (unpaired) electrons. The summed E-state index contributed by atoms with van der Waals surface area (Å²) in [6.45, 7) is 2.09. The van der Waals surface area contributed by atoms with E-state index in [-0.39, 0.29) is 44.4 Å². The van der Waals surface area contributed by atoms with Gasteiger partial charge in [0, 0.05) is 30.2 Å². The second kappa shape index (κ2) is 18.1. The van der Waals surface area contributed by atoms with Crippen molar-refractivity contribution in [2.75, 3.05) is 26.3 Å². The Labute approximate surface area is 292 Å². The summed E-state index contributed by atoms with van der Waals surface area (Å²) in [5.41, 5.74) is -1.95. The van der Waals surface area contributed by atoms with Crippen LogP contribution in [-0.2, 0) is 36.6 Å². The zero-order valence-electron chi connectivity index (χ0n) is 25.5. The van der Waals surface area contributed by atoms with Gasteiger partial charge in [-0.2, -0.15) is 13.2 Å². The molecule has 0 bridgehead atoms. The van der Waals surface area contributed by atoms with Crippen LogP contribution in [0.4, 0.5) is 13.2 Å². The zero-order valence-corrected chi connectivity index (χ0v) is 27.0. The van der Waals surface area contributed by atoms with Crippen molar-refractivity contribution >= 4 is 58.0 Å². The number of aliphatic carboxylic acids is 4. The number of hydrogen-bond donors (Lipinski definition) is 9. The van der Waals surface area contributed by atoms with Crippen LogP contribution in [0.5, 0.6) is 5.75 Å². The predicted octanol–water partition coefficient (Wildman–Crippen LogP) is 1.08. The molecule has 0 saturated carbocycles. The normalized spacial score (nSPS) is 15.6. The first kappa shape index (κ1) is 42.6. The van der Waals surface area contributed by atoms with Crippen molar-refractivity contribution in [3.05, 3.63) is 61.9 Å². The van der Waals surface area contributed by atoms with Crippen LogP contribution >= 0.6 is 23.2 Å². The molecule has 1 aliphatic rings. The summed E-state index contributed by atoms with van der Waals surface area (Å²) in [5.74, 6) is -8.81. The minimum atomic E-state index is -4.98. The highest BCUT2D eigenvalue weighted by Crippen LogP contribution is 2.41. The summed E-state index contributed by atoms with van der Waals surface area (Å²) in [7, 11) is 0. The van der Waals surface area contributed by atoms with Crippen LogP contribution in [0.25, 0.3) is 22.1 Å². The summed E-state index contributed by atoms with van der Waals surface area (Å²) in [6, 6.07) is 6.35. The fourth-order valence-corrected chi connectivity index (χ4v) is 4.62. The third kappa shape index (κ3) is 11.2. The highest BCUT2D eigenvalue weighted by Gasteiger charge is 2.40. The molecule has 1 fully saturated rings. The molecule has 3 aromatic rings. The molecule has 2 unspecified atom stereocenters. The number of aliphatic hydroxyl groups is 4. The van der Waals surface area contributed by atoms with Gasteiger partial charge in [-0.05, 0) is 24.3 Å². The lowest BCUT2D eigenvalue weighted by molar-refractivity contribution is -0.165. The Kier molecular flexibility index (Phi) is 15.1. The van der Waals surface area contributed by atoms with Gasteiger partial charge in [-0.3, -0.25) is 9.69 Å². The van der Waals surface area contributed by atoms with E-state index in [1.165, 1.54) is 30.3 Å². The van der Waals surface area contributed by atoms with Gasteiger partial charge in [0.05, 0.1) is 34.7 Å². The average Bonchev–Trinajstić information content (AvgIpc) is 3.05. The lowest BCUT2D eigenvalue weighted by Gasteiger charge is -2.27. The van der Waals surface area contributed by atoms with E-state index in [1.807, 2.05) is 4.90 Å². The van der Waals surface area contributed by atoms with E-state index in [2.05, 4.69) is 0 Å². The lowest BCUT2D eigenvalue weighted by Crippen LogP contribution is -2.39. The molecule has 1 aromatic heterocycles. The molecule has 51 heavy (non-hydrogen) atoms. The van der Waals surface area contributed by atoms with Crippen molar-refractivity contribution in [2.45, 2.75) is 37.1 Å². The minimum absolute atomic E-state index is 0.0879. The number of carbonyl (C=O) groups is 4. The summed E-state index contributed by atoms with van der Waals surface area (Å²) in [5, 5.41) is 75.4. The summed E-state index contributed by atoms with van der Waals surface area (Å²) in [6.07, 6.45) is -14.0. The second-order valence-electron chi connectivity index (χ2n) is 10.2. The average molecular weight is 774 g/mol. The molecule has 2 aromatic carbocycles. The van der Waals surface area contributed by atoms with Gasteiger partial charge in [0.15, 0.2) is 24.4 Å². The maximum absolute atomic E-state index is 14.0. The van der Waals surface area contributed by atoms with Crippen molar-refractivity contribution in [1.82, 2.24) is 4.90 Å². The summed E-state index contributed by atoms with van der Waals surface area (Å²) < 4.78 is 52.4. The summed E-state index contributed by atoms with van der Waals surface area (Å²) in [4.78, 5) is 54.2. The highest BCUT2D eigenvalue weighted by molar-refractivity contribution is 6.36. The number of fused-ring (bicyclic) bond motifs is 1. The van der Waals surface area contributed by atoms with Gasteiger partial charge in [-0.25, -0.2) is 19.2 Å². The van der Waals surface area contributed by atoms with Crippen molar-refractivity contribution in [3.8, 4) is 16.9 Å². The van der Waals surface area contributed by atoms with Crippen LogP contribution in [0.15, 0.2) is 39.5 Å². The number of aromatic hydroxyl groups is 1. The Balaban J connectivity index is 0.000000371. The molecule has 0 amide bonds. The number of alkyl halides is 3. The van der Waals surface area contributed by atoms with E-state index in [0.717, 1.165) is 0 Å². The van der Waals surface area contributed by atoms with Crippen molar-refractivity contribution < 1.29 is 87.5 Å². The summed E-state index contributed by atoms with van der Waals surface area (Å²) >= 11 is 12.0. The van der Waals surface area contributed by atoms with Crippen molar-refractivity contribution in [2.24, 2.45) is 0 Å². The van der Waals surface area contributed by atoms with E-state index in [4.69, 9.17) is 73.2 Å². The van der Waals surface area contributed by atoms with Gasteiger partial charge in [0.25, 0.3) is 0 Å². The standard InChI is InChI=1S/C21H16Cl2F3NO4.2C4H6O6/c22-11-1-2-12(15(23)9-11)17-18(29)13-3-4-16(28)14(10-27-5-7-30-8-6-27)19(13)31-20(17)21(24,25)26;2*5-1(3(7)8)2(6)4(9)10/h1-4,9,28H,5-8,10H2;2*1-2,5-6H,(H,7,8)(H,9,10)/t;1-,2-;/m.1./s1. The molecular formula is C29H28Cl2F3NO16. The van der Waals surface area contributed by atoms with Gasteiger partial charge in [-0.15, -0.1) is 0 Å². The largest absolute Gasteiger partial charge is 0.507 e. The molecule has 22 heteroatoms. The van der Waals surface area contributed by atoms with E-state index in [0.29, 0.717) is 26.3 Å². The molecule has 1 saturated heterocycles. The molecule has 1 aliphatic heterocycles. The molecule has 4 atom stereocenters. The fraction of sp³-hybridized carbons (Fsp3) is 0.345. The van der Waals surface area contributed by atoms with Crippen LogP contribution in [-0.4, -0.2) is 125 Å². The molecule has 9 N–H and O–H groups in total. The van der Waals surface area contributed by atoms with Crippen LogP contribution < -0.4 is 5.43 Å². The highest BCUT2D eigenvalue weighted by atomic mass is 35.5. The number of benzene rings is 2. The minimum Gasteiger partial charge on any atom is -0.507 e. The van der Waals surface area contributed by atoms with Crippen LogP contribution in [0.1, 0.15) is 11.3 Å². The lowest BCUT2D eigenvalue weighted by atomic mass is 10.00. The fourth-order valence-electron chi connectivity index (χ4n) is 4.12. The number of nitrogens with zero attached hydrogens (tertiary/aromatic N) is 1. The second-order valence-corrected chi connectivity index (χ2v) is 11.1. The number of carboxylic acids is 4. The molecule has 0 spiro atoms. The van der Waals surface area contributed by atoms with E-state index >= 15 is 0 Å². The first-order valence-corrected chi connectivity index (χ1v) is 14.6. The van der Waals surface area contributed by atoms with Crippen LogP contribution in [0.2, 0.25) is 10.0 Å². The van der Waals surface area contributed by atoms with E-state index in [1.54, 1.807) is 0 Å². The van der Waals surface area contributed by atoms with Gasteiger partial charge in [-0.1, -0.05) is 29.3 Å². The monoisotopic (exact) mass is 773 g/mol. The Hall–Kier alpha value is -4.54. The quantitative estimate of drug-likeness (QED) is 0.147. The van der Waals surface area contributed by atoms with E-state index in [9.17, 15) is 42.3 Å². The Morgan fingerprint density at radius 1 is 0.804 bits per heavy atom. The number of morpholine rings is 1. The van der Waals surface area contributed by atoms with Gasteiger partial charge in [0.2, 0.25) is 11.2 Å². The molecule has 4 rings (SSSR count). The molecule has 2 heterocycles. The van der Waals surface area contributed by atoms with Gasteiger partial charge >= 0.3 is 30.1 Å². The third-order valence-electron chi connectivity index (χ3n) is 6.69. The molecule has 17 nitrogen and oxygen atoms in total. The number of hydrogen-bond acceptors (Lipinski definition) is 13. The van der Waals surface area contributed by atoms with Crippen molar-refractivity contribution in [3.63, 3.8) is 0 Å². The maximum Gasteiger partial charge on any atom is 0.450 e. The van der Waals surface area contributed by atoms with Gasteiger partial charge < -0.3 is 55.1 Å². The predicted molar refractivity (Wildman–Crippen MR) is 165 cm³/mol. The molecular weight excluding hydrogens is 746 g/mol. The number of rotatable bonds is 9. The Morgan fingerprint density at radius 2 is 1.27 bits per heavy atom. The zero-order chi connectivity index (χ0) is 39.0. The van der Waals surface area contributed by atoms with Gasteiger partial charge in [0.1, 0.15) is 11.3 Å². The number of ether oxygens (including phenoxy) is 1. The van der Waals surface area contributed by atoms with E-state index < -0.39 is 71.2 Å². The maximum atomic E-state index is 14.0. The Morgan fingerprint density at radius 3 is 1.69 bits per heavy atom. The topological polar surface area (TPSA) is 293 Å². The smallest absolute Gasteiger partial charge is 0.450 e. The molecule has 0 aliphatic carbocycles. The van der Waals surface area contributed by atoms with Crippen LogP contribution in [0, 0.1) is 0 Å². The third-order valence-corrected chi connectivity index (χ3v) is 7.24. The SMILES string of the molecule is O=C(O)C(O)C(O)C(=O)O.O=C(O)[C@H](O)[C@@H](O)C(=O)O.O=c1c(-c2ccc(Cl)cc2Cl)c(C(F)(F)F)oc2c(CN3CCOCC3)c(O)ccc12. The number of phenols is 1. The molecule has 280 valence electrons. The Bertz CT molecular complexity index is 1740.